The number of nitrogens with zero attached hydrogens (tertiary/aromatic N) is 1. The first kappa shape index (κ1) is 6.71. The average Bonchev–Trinajstić information content (AvgIpc) is 2.34. The van der Waals surface area contributed by atoms with E-state index < -0.39 is 0 Å². The molecule has 0 aliphatic heterocycles. The van der Waals surface area contributed by atoms with Crippen molar-refractivity contribution in [1.82, 2.24) is 4.98 Å². The Morgan fingerprint density at radius 1 is 1.89 bits per heavy atom. The van der Waals surface area contributed by atoms with Crippen molar-refractivity contribution in [2.24, 2.45) is 0 Å². The molecule has 49 valence electrons. The number of hydrogen-bond acceptors (Lipinski definition) is 3. The maximum absolute atomic E-state index is 5.00. The van der Waals surface area contributed by atoms with Crippen LogP contribution in [0.15, 0.2) is 10.9 Å². The predicted octanol–water partition coefficient (Wildman–Crippen LogP) is 1.69. The van der Waals surface area contributed by atoms with Gasteiger partial charge in [0.2, 0.25) is 0 Å². The number of hydrogen-bond donors (Lipinski definition) is 0. The van der Waals surface area contributed by atoms with Crippen LogP contribution in [0, 0.1) is 6.61 Å². The van der Waals surface area contributed by atoms with Gasteiger partial charge in [0.1, 0.15) is 6.61 Å². The smallest absolute Gasteiger partial charge is 0.132 e. The summed E-state index contributed by atoms with van der Waals surface area (Å²) in [7, 11) is 0. The number of aromatic nitrogens is 1. The van der Waals surface area contributed by atoms with Gasteiger partial charge in [-0.25, -0.2) is 4.98 Å². The second kappa shape index (κ2) is 3.58. The molecule has 0 saturated carbocycles. The van der Waals surface area contributed by atoms with E-state index in [1.165, 1.54) is 0 Å². The number of rotatable bonds is 3. The van der Waals surface area contributed by atoms with E-state index >= 15 is 0 Å². The Balaban J connectivity index is 2.30. The second-order valence-corrected chi connectivity index (χ2v) is 2.21. The Labute approximate surface area is 58.5 Å². The van der Waals surface area contributed by atoms with Crippen LogP contribution in [0.5, 0.6) is 0 Å². The van der Waals surface area contributed by atoms with Gasteiger partial charge < -0.3 is 4.74 Å². The van der Waals surface area contributed by atoms with Crippen LogP contribution in [-0.2, 0) is 4.74 Å². The van der Waals surface area contributed by atoms with Crippen molar-refractivity contribution in [3.63, 3.8) is 0 Å². The minimum Gasteiger partial charge on any atom is -0.369 e. The largest absolute Gasteiger partial charge is 0.369 e. The highest BCUT2D eigenvalue weighted by Crippen LogP contribution is 2.03. The van der Waals surface area contributed by atoms with Gasteiger partial charge in [-0.2, -0.15) is 0 Å². The predicted molar refractivity (Wildman–Crippen MR) is 37.1 cm³/mol. The van der Waals surface area contributed by atoms with Crippen molar-refractivity contribution in [2.75, 3.05) is 6.61 Å². The highest BCUT2D eigenvalue weighted by molar-refractivity contribution is 7.07. The van der Waals surface area contributed by atoms with Crippen molar-refractivity contribution in [3.8, 4) is 0 Å². The molecule has 0 atom stereocenters. The third-order valence-corrected chi connectivity index (χ3v) is 1.43. The van der Waals surface area contributed by atoms with Gasteiger partial charge in [-0.1, -0.05) is 0 Å². The molecule has 1 aromatic heterocycles. The second-order valence-electron chi connectivity index (χ2n) is 1.49. The maximum Gasteiger partial charge on any atom is 0.132 e. The first-order valence-corrected chi connectivity index (χ1v) is 3.70. The molecule has 1 heterocycles. The summed E-state index contributed by atoms with van der Waals surface area (Å²) in [4.78, 5) is 3.99. The fourth-order valence-corrected chi connectivity index (χ4v) is 0.948. The van der Waals surface area contributed by atoms with Crippen molar-refractivity contribution in [3.05, 3.63) is 23.2 Å². The molecule has 0 bridgehead atoms. The Bertz CT molecular complexity index is 150. The summed E-state index contributed by atoms with van der Waals surface area (Å²) < 4.78 is 5.00. The molecule has 1 rings (SSSR count). The van der Waals surface area contributed by atoms with Gasteiger partial charge in [0, 0.05) is 12.0 Å². The summed E-state index contributed by atoms with van der Waals surface area (Å²) in [6.07, 6.45) is 0. The van der Waals surface area contributed by atoms with Crippen LogP contribution in [0.25, 0.3) is 0 Å². The van der Waals surface area contributed by atoms with E-state index in [-0.39, 0.29) is 0 Å². The van der Waals surface area contributed by atoms with E-state index in [9.17, 15) is 0 Å². The summed E-state index contributed by atoms with van der Waals surface area (Å²) in [5.74, 6) is 0. The van der Waals surface area contributed by atoms with E-state index in [4.69, 9.17) is 4.74 Å². The molecule has 0 aliphatic carbocycles. The molecular formula is C6H8NOS. The molecule has 0 unspecified atom stereocenters. The van der Waals surface area contributed by atoms with Gasteiger partial charge in [0.05, 0.1) is 11.2 Å². The maximum atomic E-state index is 5.00. The van der Waals surface area contributed by atoms with Crippen LogP contribution >= 0.6 is 11.3 Å². The lowest BCUT2D eigenvalue weighted by atomic mass is 10.5. The Kier molecular flexibility index (Phi) is 2.67. The standard InChI is InChI=1S/C6H8NOS/c1-2-8-3-6-4-9-5-7-6/h3-5H,2H2,1H3. The molecule has 3 heteroatoms. The highest BCUT2D eigenvalue weighted by atomic mass is 32.1. The molecule has 0 aromatic carbocycles. The van der Waals surface area contributed by atoms with Gasteiger partial charge in [-0.15, -0.1) is 11.3 Å². The van der Waals surface area contributed by atoms with Crippen LogP contribution in [0.1, 0.15) is 12.6 Å². The molecule has 2 nitrogen and oxygen atoms in total. The van der Waals surface area contributed by atoms with E-state index in [1.54, 1.807) is 23.5 Å². The highest BCUT2D eigenvalue weighted by Gasteiger charge is 1.91. The molecule has 0 amide bonds. The Morgan fingerprint density at radius 2 is 2.78 bits per heavy atom. The summed E-state index contributed by atoms with van der Waals surface area (Å²) in [6, 6.07) is 0. The van der Waals surface area contributed by atoms with Crippen LogP contribution in [0.2, 0.25) is 0 Å². The van der Waals surface area contributed by atoms with Crippen LogP contribution in [-0.4, -0.2) is 11.6 Å². The molecule has 0 spiro atoms. The number of ether oxygens (including phenoxy) is 1. The van der Waals surface area contributed by atoms with E-state index in [0.29, 0.717) is 6.61 Å². The van der Waals surface area contributed by atoms with E-state index in [0.717, 1.165) is 5.69 Å². The number of thiazole rings is 1. The quantitative estimate of drug-likeness (QED) is 0.640. The Morgan fingerprint density at radius 3 is 3.33 bits per heavy atom. The van der Waals surface area contributed by atoms with Gasteiger partial charge >= 0.3 is 0 Å². The van der Waals surface area contributed by atoms with Gasteiger partial charge in [0.15, 0.2) is 0 Å². The lowest BCUT2D eigenvalue weighted by Crippen LogP contribution is -1.87. The zero-order valence-electron chi connectivity index (χ0n) is 5.20. The third kappa shape index (κ3) is 2.11. The van der Waals surface area contributed by atoms with Crippen LogP contribution in [0.3, 0.4) is 0 Å². The summed E-state index contributed by atoms with van der Waals surface area (Å²) in [6.45, 7) is 4.32. The lowest BCUT2D eigenvalue weighted by Gasteiger charge is -1.92. The third-order valence-electron chi connectivity index (χ3n) is 0.822. The Hall–Kier alpha value is -0.410. The summed E-state index contributed by atoms with van der Waals surface area (Å²) in [5.41, 5.74) is 2.69. The summed E-state index contributed by atoms with van der Waals surface area (Å²) in [5, 5.41) is 1.94. The molecular weight excluding hydrogens is 134 g/mol. The summed E-state index contributed by atoms with van der Waals surface area (Å²) >= 11 is 1.57. The van der Waals surface area contributed by atoms with Gasteiger partial charge in [-0.3, -0.25) is 0 Å². The molecule has 9 heavy (non-hydrogen) atoms. The van der Waals surface area contributed by atoms with Crippen molar-refractivity contribution in [2.45, 2.75) is 6.92 Å². The first-order chi connectivity index (χ1) is 4.43. The van der Waals surface area contributed by atoms with Crippen LogP contribution in [0.4, 0.5) is 0 Å². The van der Waals surface area contributed by atoms with E-state index in [2.05, 4.69) is 4.98 Å². The lowest BCUT2D eigenvalue weighted by molar-refractivity contribution is 0.228. The fourth-order valence-electron chi connectivity index (χ4n) is 0.449. The SMILES string of the molecule is CCO[CH]c1cscn1. The minimum atomic E-state index is 0.706. The fraction of sp³-hybridized carbons (Fsp3) is 0.333. The molecule has 0 fully saturated rings. The van der Waals surface area contributed by atoms with E-state index in [1.807, 2.05) is 12.3 Å². The minimum absolute atomic E-state index is 0.706. The molecule has 1 radical (unpaired) electrons. The zero-order valence-corrected chi connectivity index (χ0v) is 6.02. The molecule has 0 aliphatic rings. The van der Waals surface area contributed by atoms with Crippen LogP contribution < -0.4 is 0 Å². The first-order valence-electron chi connectivity index (χ1n) is 2.76. The molecule has 0 saturated heterocycles. The zero-order chi connectivity index (χ0) is 6.53. The average molecular weight is 142 g/mol. The normalized spacial score (nSPS) is 9.89. The monoisotopic (exact) mass is 142 g/mol. The molecule has 0 N–H and O–H groups in total. The van der Waals surface area contributed by atoms with Crippen molar-refractivity contribution >= 4 is 11.3 Å². The van der Waals surface area contributed by atoms with Gasteiger partial charge in [0.25, 0.3) is 0 Å². The molecule has 1 aromatic rings. The van der Waals surface area contributed by atoms with Crippen molar-refractivity contribution in [1.29, 1.82) is 0 Å². The van der Waals surface area contributed by atoms with Crippen molar-refractivity contribution < 1.29 is 4.74 Å². The topological polar surface area (TPSA) is 22.1 Å². The van der Waals surface area contributed by atoms with Gasteiger partial charge in [-0.05, 0) is 6.92 Å².